The van der Waals surface area contributed by atoms with Gasteiger partial charge in [0.1, 0.15) is 0 Å². The lowest BCUT2D eigenvalue weighted by atomic mass is 10.1. The first-order valence-corrected chi connectivity index (χ1v) is 7.70. The smallest absolute Gasteiger partial charge is 0.152 e. The van der Waals surface area contributed by atoms with Crippen LogP contribution in [0, 0.1) is 6.92 Å². The number of aromatic nitrogens is 2. The van der Waals surface area contributed by atoms with Gasteiger partial charge < -0.3 is 5.32 Å². The van der Waals surface area contributed by atoms with Crippen LogP contribution in [0.15, 0.2) is 47.2 Å². The van der Waals surface area contributed by atoms with Crippen molar-refractivity contribution in [2.45, 2.75) is 13.5 Å². The average molecular weight is 363 g/mol. The summed E-state index contributed by atoms with van der Waals surface area (Å²) in [6, 6.07) is 10.1. The summed E-state index contributed by atoms with van der Waals surface area (Å²) in [5.41, 5.74) is 4.01. The van der Waals surface area contributed by atoms with Crippen LogP contribution in [-0.4, -0.2) is 9.97 Å². The fourth-order valence-corrected chi connectivity index (χ4v) is 2.83. The topological polar surface area (TPSA) is 37.8 Å². The van der Waals surface area contributed by atoms with Gasteiger partial charge in [-0.05, 0) is 36.2 Å². The molecule has 0 radical (unpaired) electrons. The first-order valence-electron chi connectivity index (χ1n) is 6.53. The Morgan fingerprint density at radius 1 is 1.24 bits per heavy atom. The summed E-state index contributed by atoms with van der Waals surface area (Å²) < 4.78 is 1.05. The van der Waals surface area contributed by atoms with E-state index in [1.165, 1.54) is 0 Å². The van der Waals surface area contributed by atoms with Gasteiger partial charge in [-0.2, -0.15) is 0 Å². The lowest BCUT2D eigenvalue weighted by Crippen LogP contribution is -2.02. The summed E-state index contributed by atoms with van der Waals surface area (Å²) in [6.07, 6.45) is 3.56. The summed E-state index contributed by atoms with van der Waals surface area (Å²) in [5, 5.41) is 4.92. The molecule has 0 spiro atoms. The van der Waals surface area contributed by atoms with Crippen LogP contribution in [0.4, 0.5) is 5.69 Å². The van der Waals surface area contributed by atoms with Crippen LogP contribution in [0.3, 0.4) is 0 Å². The Morgan fingerprint density at radius 2 is 2.10 bits per heavy atom. The average Bonchev–Trinajstić information content (AvgIpc) is 2.50. The number of nitrogens with zero attached hydrogens (tertiary/aromatic N) is 2. The van der Waals surface area contributed by atoms with E-state index in [2.05, 4.69) is 43.3 Å². The van der Waals surface area contributed by atoms with Crippen LogP contribution < -0.4 is 5.32 Å². The molecule has 0 bridgehead atoms. The van der Waals surface area contributed by atoms with Crippen molar-refractivity contribution in [1.82, 2.24) is 9.97 Å². The minimum absolute atomic E-state index is 0.481. The number of hydrogen-bond donors (Lipinski definition) is 1. The van der Waals surface area contributed by atoms with E-state index < -0.39 is 0 Å². The van der Waals surface area contributed by atoms with Crippen molar-refractivity contribution in [3.05, 3.63) is 63.5 Å². The molecular formula is C16H13BrClN3. The zero-order valence-corrected chi connectivity index (χ0v) is 13.7. The third-order valence-electron chi connectivity index (χ3n) is 3.25. The molecule has 3 nitrogen and oxygen atoms in total. The quantitative estimate of drug-likeness (QED) is 0.669. The molecule has 2 heterocycles. The fraction of sp³-hybridized carbons (Fsp3) is 0.125. The minimum Gasteiger partial charge on any atom is -0.378 e. The highest BCUT2D eigenvalue weighted by atomic mass is 79.9. The standard InChI is InChI=1S/C16H13BrClN3/c1-10-7-14(16(18)21-8-10)20-9-11-4-5-13(17)12-3-2-6-19-15(11)12/h2-8,20H,9H2,1H3. The van der Waals surface area contributed by atoms with Gasteiger partial charge >= 0.3 is 0 Å². The van der Waals surface area contributed by atoms with Crippen molar-refractivity contribution in [3.63, 3.8) is 0 Å². The molecule has 3 rings (SSSR count). The van der Waals surface area contributed by atoms with Gasteiger partial charge in [0, 0.05) is 28.8 Å². The van der Waals surface area contributed by atoms with E-state index in [0.29, 0.717) is 11.7 Å². The number of halogens is 2. The van der Waals surface area contributed by atoms with Crippen molar-refractivity contribution in [1.29, 1.82) is 0 Å². The van der Waals surface area contributed by atoms with Crippen LogP contribution in [0.5, 0.6) is 0 Å². The number of rotatable bonds is 3. The Kier molecular flexibility index (Phi) is 4.08. The predicted molar refractivity (Wildman–Crippen MR) is 90.8 cm³/mol. The number of nitrogens with one attached hydrogen (secondary N) is 1. The van der Waals surface area contributed by atoms with E-state index in [9.17, 15) is 0 Å². The molecule has 1 aromatic carbocycles. The molecule has 0 unspecified atom stereocenters. The summed E-state index contributed by atoms with van der Waals surface area (Å²) in [4.78, 5) is 8.62. The molecule has 0 atom stereocenters. The fourth-order valence-electron chi connectivity index (χ4n) is 2.21. The van der Waals surface area contributed by atoms with Crippen molar-refractivity contribution in [3.8, 4) is 0 Å². The van der Waals surface area contributed by atoms with E-state index >= 15 is 0 Å². The second kappa shape index (κ2) is 6.00. The summed E-state index contributed by atoms with van der Waals surface area (Å²) >= 11 is 9.67. The van der Waals surface area contributed by atoms with E-state index in [4.69, 9.17) is 11.6 Å². The third-order valence-corrected chi connectivity index (χ3v) is 4.24. The normalized spacial score (nSPS) is 10.8. The predicted octanol–water partition coefficient (Wildman–Crippen LogP) is 4.97. The maximum absolute atomic E-state index is 6.11. The maximum Gasteiger partial charge on any atom is 0.152 e. The molecule has 0 saturated carbocycles. The largest absolute Gasteiger partial charge is 0.378 e. The Hall–Kier alpha value is -1.65. The lowest BCUT2D eigenvalue weighted by molar-refractivity contribution is 1.13. The highest BCUT2D eigenvalue weighted by Gasteiger charge is 2.07. The second-order valence-corrected chi connectivity index (χ2v) is 6.02. The van der Waals surface area contributed by atoms with Crippen molar-refractivity contribution >= 4 is 44.1 Å². The molecule has 2 aromatic heterocycles. The van der Waals surface area contributed by atoms with Gasteiger partial charge in [0.15, 0.2) is 5.15 Å². The number of anilines is 1. The van der Waals surface area contributed by atoms with Crippen molar-refractivity contribution in [2.75, 3.05) is 5.32 Å². The molecule has 0 amide bonds. The molecule has 106 valence electrons. The zero-order valence-electron chi connectivity index (χ0n) is 11.4. The SMILES string of the molecule is Cc1cnc(Cl)c(NCc2ccc(Br)c3cccnc23)c1. The molecule has 3 aromatic rings. The summed E-state index contributed by atoms with van der Waals surface area (Å²) in [6.45, 7) is 2.64. The van der Waals surface area contributed by atoms with Crippen LogP contribution >= 0.6 is 27.5 Å². The van der Waals surface area contributed by atoms with Crippen molar-refractivity contribution < 1.29 is 0 Å². The van der Waals surface area contributed by atoms with Gasteiger partial charge in [-0.3, -0.25) is 4.98 Å². The highest BCUT2D eigenvalue weighted by Crippen LogP contribution is 2.26. The van der Waals surface area contributed by atoms with Gasteiger partial charge in [0.25, 0.3) is 0 Å². The number of benzene rings is 1. The Labute approximate surface area is 136 Å². The number of aryl methyl sites for hydroxylation is 1. The summed E-state index contributed by atoms with van der Waals surface area (Å²) in [5.74, 6) is 0. The van der Waals surface area contributed by atoms with Crippen LogP contribution in [0.25, 0.3) is 10.9 Å². The summed E-state index contributed by atoms with van der Waals surface area (Å²) in [7, 11) is 0. The van der Waals surface area contributed by atoms with Gasteiger partial charge in [0.05, 0.1) is 11.2 Å². The van der Waals surface area contributed by atoms with E-state index in [1.54, 1.807) is 12.4 Å². The Bertz CT molecular complexity index is 805. The monoisotopic (exact) mass is 361 g/mol. The van der Waals surface area contributed by atoms with E-state index in [-0.39, 0.29) is 0 Å². The van der Waals surface area contributed by atoms with Gasteiger partial charge in [-0.15, -0.1) is 0 Å². The molecule has 0 fully saturated rings. The first kappa shape index (κ1) is 14.3. The van der Waals surface area contributed by atoms with E-state index in [1.807, 2.05) is 25.1 Å². The van der Waals surface area contributed by atoms with Gasteiger partial charge in [0.2, 0.25) is 0 Å². The Morgan fingerprint density at radius 3 is 2.95 bits per heavy atom. The van der Waals surface area contributed by atoms with Crippen molar-refractivity contribution in [2.24, 2.45) is 0 Å². The minimum atomic E-state index is 0.481. The molecule has 5 heteroatoms. The lowest BCUT2D eigenvalue weighted by Gasteiger charge is -2.11. The molecule has 21 heavy (non-hydrogen) atoms. The molecule has 0 saturated heterocycles. The third kappa shape index (κ3) is 3.01. The first-order chi connectivity index (χ1) is 10.1. The Balaban J connectivity index is 1.92. The molecular weight excluding hydrogens is 350 g/mol. The molecule has 0 aliphatic heterocycles. The zero-order chi connectivity index (χ0) is 14.8. The molecule has 1 N–H and O–H groups in total. The van der Waals surface area contributed by atoms with Crippen LogP contribution in [0.1, 0.15) is 11.1 Å². The number of pyridine rings is 2. The van der Waals surface area contributed by atoms with E-state index in [0.717, 1.165) is 32.2 Å². The maximum atomic E-state index is 6.11. The molecule has 0 aliphatic rings. The van der Waals surface area contributed by atoms with Gasteiger partial charge in [-0.1, -0.05) is 39.7 Å². The highest BCUT2D eigenvalue weighted by molar-refractivity contribution is 9.10. The number of fused-ring (bicyclic) bond motifs is 1. The van der Waals surface area contributed by atoms with Gasteiger partial charge in [-0.25, -0.2) is 4.98 Å². The van der Waals surface area contributed by atoms with Crippen LogP contribution in [0.2, 0.25) is 5.15 Å². The van der Waals surface area contributed by atoms with Crippen LogP contribution in [-0.2, 0) is 6.54 Å². The second-order valence-electron chi connectivity index (χ2n) is 4.81. The molecule has 0 aliphatic carbocycles. The number of hydrogen-bond acceptors (Lipinski definition) is 3.